The third kappa shape index (κ3) is 2.05. The van der Waals surface area contributed by atoms with Gasteiger partial charge < -0.3 is 9.47 Å². The number of carbonyl (C=O) groups is 3. The van der Waals surface area contributed by atoms with Crippen molar-refractivity contribution in [3.63, 3.8) is 0 Å². The molecule has 1 heterocycles. The van der Waals surface area contributed by atoms with Gasteiger partial charge in [-0.1, -0.05) is 12.2 Å². The number of carbonyl (C=O) groups excluding carboxylic acids is 3. The Morgan fingerprint density at radius 2 is 2.15 bits per heavy atom. The number of hydrogen-bond acceptors (Lipinski definition) is 5. The molecule has 1 aliphatic carbocycles. The van der Waals surface area contributed by atoms with Crippen molar-refractivity contribution in [3.8, 4) is 0 Å². The summed E-state index contributed by atoms with van der Waals surface area (Å²) < 4.78 is 10.2. The molecule has 20 heavy (non-hydrogen) atoms. The minimum Gasteiger partial charge on any atom is -0.465 e. The summed E-state index contributed by atoms with van der Waals surface area (Å²) in [6.07, 6.45) is 0.279. The maximum Gasteiger partial charge on any atom is 0.321 e. The largest absolute Gasteiger partial charge is 0.465 e. The summed E-state index contributed by atoms with van der Waals surface area (Å²) in [5.74, 6) is -2.55. The molecule has 2 aliphatic rings. The van der Waals surface area contributed by atoms with Gasteiger partial charge in [0.25, 0.3) is 0 Å². The molecule has 5 nitrogen and oxygen atoms in total. The lowest BCUT2D eigenvalue weighted by molar-refractivity contribution is -0.159. The van der Waals surface area contributed by atoms with Crippen molar-refractivity contribution < 1.29 is 23.9 Å². The molecule has 0 amide bonds. The lowest BCUT2D eigenvalue weighted by Crippen LogP contribution is -2.49. The van der Waals surface area contributed by atoms with Crippen LogP contribution in [0.5, 0.6) is 0 Å². The fourth-order valence-electron chi connectivity index (χ4n) is 3.12. The molecule has 0 aromatic rings. The van der Waals surface area contributed by atoms with Gasteiger partial charge >= 0.3 is 11.9 Å². The zero-order valence-corrected chi connectivity index (χ0v) is 12.1. The monoisotopic (exact) mass is 280 g/mol. The Morgan fingerprint density at radius 3 is 2.70 bits per heavy atom. The molecular weight excluding hydrogens is 260 g/mol. The standard InChI is InChI=1S/C15H20O5/c1-5-19-13(17)12-14(18)20-11-7-9(8(2)3)6-10(16)15(11,12)4/h9,11-12H,2,5-7H2,1,3-4H3/t9-,11-,12+,15-/m0/s1. The Kier molecular flexibility index (Phi) is 3.71. The van der Waals surface area contributed by atoms with Gasteiger partial charge in [-0.25, -0.2) is 0 Å². The third-order valence-corrected chi connectivity index (χ3v) is 4.51. The number of esters is 2. The highest BCUT2D eigenvalue weighted by Gasteiger charge is 2.64. The molecule has 1 saturated heterocycles. The number of rotatable bonds is 3. The molecule has 0 N–H and O–H groups in total. The topological polar surface area (TPSA) is 69.7 Å². The second-order valence-corrected chi connectivity index (χ2v) is 5.80. The Bertz CT molecular complexity index is 481. The molecule has 110 valence electrons. The average molecular weight is 280 g/mol. The Labute approximate surface area is 118 Å². The Balaban J connectivity index is 2.32. The van der Waals surface area contributed by atoms with E-state index in [4.69, 9.17) is 9.47 Å². The maximum atomic E-state index is 12.5. The molecule has 0 aromatic carbocycles. The molecule has 2 rings (SSSR count). The Hall–Kier alpha value is -1.65. The molecule has 0 unspecified atom stereocenters. The second kappa shape index (κ2) is 5.04. The van der Waals surface area contributed by atoms with Crippen molar-refractivity contribution in [3.05, 3.63) is 12.2 Å². The number of Topliss-reactive ketones (excluding diaryl/α,β-unsaturated/α-hetero) is 1. The number of hydrogen-bond donors (Lipinski definition) is 0. The van der Waals surface area contributed by atoms with Crippen LogP contribution in [0.3, 0.4) is 0 Å². The molecule has 1 saturated carbocycles. The first-order chi connectivity index (χ1) is 9.32. The van der Waals surface area contributed by atoms with Crippen molar-refractivity contribution in [2.45, 2.75) is 39.7 Å². The third-order valence-electron chi connectivity index (χ3n) is 4.51. The summed E-state index contributed by atoms with van der Waals surface area (Å²) in [6, 6.07) is 0. The Morgan fingerprint density at radius 1 is 1.50 bits per heavy atom. The van der Waals surface area contributed by atoms with E-state index in [0.29, 0.717) is 12.8 Å². The van der Waals surface area contributed by atoms with Gasteiger partial charge in [0.15, 0.2) is 5.92 Å². The van der Waals surface area contributed by atoms with Crippen LogP contribution in [0.2, 0.25) is 0 Å². The highest BCUT2D eigenvalue weighted by atomic mass is 16.6. The SMILES string of the molecule is C=C(C)[C@H]1CC(=O)[C@]2(C)[C@H](C(=O)OCC)C(=O)O[C@H]2C1. The number of allylic oxidation sites excluding steroid dienone is 1. The van der Waals surface area contributed by atoms with Gasteiger partial charge in [0.1, 0.15) is 11.9 Å². The van der Waals surface area contributed by atoms with Crippen molar-refractivity contribution in [1.29, 1.82) is 0 Å². The van der Waals surface area contributed by atoms with E-state index in [2.05, 4.69) is 6.58 Å². The van der Waals surface area contributed by atoms with Crippen LogP contribution in [0.1, 0.15) is 33.6 Å². The predicted molar refractivity (Wildman–Crippen MR) is 70.7 cm³/mol. The molecule has 0 radical (unpaired) electrons. The van der Waals surface area contributed by atoms with Gasteiger partial charge in [0.05, 0.1) is 12.0 Å². The molecule has 2 fully saturated rings. The first kappa shape index (κ1) is 14.8. The molecule has 0 aromatic heterocycles. The van der Waals surface area contributed by atoms with Gasteiger partial charge in [-0.15, -0.1) is 0 Å². The zero-order chi connectivity index (χ0) is 15.1. The summed E-state index contributed by atoms with van der Waals surface area (Å²) in [7, 11) is 0. The summed E-state index contributed by atoms with van der Waals surface area (Å²) in [5.41, 5.74) is -0.203. The lowest BCUT2D eigenvalue weighted by Gasteiger charge is -2.38. The highest BCUT2D eigenvalue weighted by Crippen LogP contribution is 2.50. The van der Waals surface area contributed by atoms with E-state index in [1.165, 1.54) is 0 Å². The molecule has 1 aliphatic heterocycles. The van der Waals surface area contributed by atoms with Crippen LogP contribution in [-0.2, 0) is 23.9 Å². The highest BCUT2D eigenvalue weighted by molar-refractivity contribution is 6.05. The summed E-state index contributed by atoms with van der Waals surface area (Å²) in [6.45, 7) is 9.21. The van der Waals surface area contributed by atoms with Crippen molar-refractivity contribution in [2.24, 2.45) is 17.3 Å². The molecular formula is C15H20O5. The van der Waals surface area contributed by atoms with Gasteiger partial charge in [-0.3, -0.25) is 14.4 Å². The van der Waals surface area contributed by atoms with Crippen LogP contribution in [0.15, 0.2) is 12.2 Å². The summed E-state index contributed by atoms with van der Waals surface area (Å²) in [4.78, 5) is 36.5. The lowest BCUT2D eigenvalue weighted by atomic mass is 9.63. The average Bonchev–Trinajstić information content (AvgIpc) is 2.61. The van der Waals surface area contributed by atoms with E-state index in [0.717, 1.165) is 5.57 Å². The van der Waals surface area contributed by atoms with E-state index in [1.807, 2.05) is 6.92 Å². The molecule has 5 heteroatoms. The van der Waals surface area contributed by atoms with E-state index >= 15 is 0 Å². The maximum absolute atomic E-state index is 12.5. The van der Waals surface area contributed by atoms with Gasteiger partial charge in [0.2, 0.25) is 0 Å². The number of ketones is 1. The van der Waals surface area contributed by atoms with E-state index < -0.39 is 29.4 Å². The van der Waals surface area contributed by atoms with Crippen molar-refractivity contribution >= 4 is 17.7 Å². The molecule has 0 bridgehead atoms. The van der Waals surface area contributed by atoms with Gasteiger partial charge in [-0.2, -0.15) is 0 Å². The van der Waals surface area contributed by atoms with Crippen LogP contribution in [-0.4, -0.2) is 30.4 Å². The van der Waals surface area contributed by atoms with Crippen LogP contribution in [0.4, 0.5) is 0 Å². The van der Waals surface area contributed by atoms with Crippen LogP contribution < -0.4 is 0 Å². The predicted octanol–water partition coefficient (Wildman–Crippen LogP) is 1.65. The van der Waals surface area contributed by atoms with Crippen LogP contribution in [0.25, 0.3) is 0 Å². The molecule has 4 atom stereocenters. The minimum absolute atomic E-state index is 0.00863. The summed E-state index contributed by atoms with van der Waals surface area (Å²) in [5, 5.41) is 0. The fraction of sp³-hybridized carbons (Fsp3) is 0.667. The van der Waals surface area contributed by atoms with E-state index in [1.54, 1.807) is 13.8 Å². The van der Waals surface area contributed by atoms with Crippen LogP contribution in [0, 0.1) is 17.3 Å². The summed E-state index contributed by atoms with van der Waals surface area (Å²) >= 11 is 0. The van der Waals surface area contributed by atoms with Crippen molar-refractivity contribution in [2.75, 3.05) is 6.61 Å². The fourth-order valence-corrected chi connectivity index (χ4v) is 3.12. The smallest absolute Gasteiger partial charge is 0.321 e. The van der Waals surface area contributed by atoms with E-state index in [-0.39, 0.29) is 18.3 Å². The first-order valence-electron chi connectivity index (χ1n) is 6.88. The normalized spacial score (nSPS) is 36.2. The van der Waals surface area contributed by atoms with E-state index in [9.17, 15) is 14.4 Å². The van der Waals surface area contributed by atoms with Crippen molar-refractivity contribution in [1.82, 2.24) is 0 Å². The molecule has 0 spiro atoms. The van der Waals surface area contributed by atoms with Gasteiger partial charge in [0, 0.05) is 6.42 Å². The van der Waals surface area contributed by atoms with Crippen LogP contribution >= 0.6 is 0 Å². The first-order valence-corrected chi connectivity index (χ1v) is 6.88. The quantitative estimate of drug-likeness (QED) is 0.446. The van der Waals surface area contributed by atoms with Gasteiger partial charge in [-0.05, 0) is 33.1 Å². The zero-order valence-electron chi connectivity index (χ0n) is 12.1. The second-order valence-electron chi connectivity index (χ2n) is 5.80. The number of fused-ring (bicyclic) bond motifs is 1. The minimum atomic E-state index is -1.13. The number of ether oxygens (including phenoxy) is 2.